The average Bonchev–Trinajstić information content (AvgIpc) is 2.40. The van der Waals surface area contributed by atoms with Crippen molar-refractivity contribution >= 4 is 5.82 Å². The van der Waals surface area contributed by atoms with Crippen LogP contribution in [0.25, 0.3) is 0 Å². The second kappa shape index (κ2) is 6.68. The molecule has 2 rings (SSSR count). The molecule has 106 valence electrons. The number of methoxy groups -OCH3 is 1. The molecule has 1 fully saturated rings. The Kier molecular flexibility index (Phi) is 4.93. The first-order valence-electron chi connectivity index (χ1n) is 6.74. The van der Waals surface area contributed by atoms with Crippen molar-refractivity contribution < 1.29 is 4.74 Å². The smallest absolute Gasteiger partial charge is 0.290 e. The number of aromatic amines is 1. The van der Waals surface area contributed by atoms with Gasteiger partial charge in [0.25, 0.3) is 5.56 Å². The molecule has 0 unspecified atom stereocenters. The summed E-state index contributed by atoms with van der Waals surface area (Å²) in [6.07, 6.45) is 5.37. The molecule has 6 heteroatoms. The second-order valence-corrected chi connectivity index (χ2v) is 5.05. The van der Waals surface area contributed by atoms with Gasteiger partial charge in [-0.25, -0.2) is 4.98 Å². The molecule has 1 aromatic rings. The Hall–Kier alpha value is -1.40. The molecule has 0 amide bonds. The highest BCUT2D eigenvalue weighted by atomic mass is 16.5. The maximum absolute atomic E-state index is 11.7. The van der Waals surface area contributed by atoms with Crippen molar-refractivity contribution in [1.29, 1.82) is 0 Å². The summed E-state index contributed by atoms with van der Waals surface area (Å²) in [5, 5.41) is 3.53. The maximum atomic E-state index is 11.7. The van der Waals surface area contributed by atoms with E-state index in [1.165, 1.54) is 0 Å². The molecule has 2 atom stereocenters. The highest BCUT2D eigenvalue weighted by Crippen LogP contribution is 2.14. The van der Waals surface area contributed by atoms with Crippen LogP contribution < -0.4 is 15.8 Å². The lowest BCUT2D eigenvalue weighted by atomic mass is 10.0. The van der Waals surface area contributed by atoms with Gasteiger partial charge in [0.05, 0.1) is 6.61 Å². The molecule has 1 aliphatic heterocycles. The summed E-state index contributed by atoms with van der Waals surface area (Å²) in [5.41, 5.74) is -0.118. The highest BCUT2D eigenvalue weighted by Gasteiger charge is 2.23. The van der Waals surface area contributed by atoms with Crippen molar-refractivity contribution in [3.8, 4) is 0 Å². The van der Waals surface area contributed by atoms with E-state index in [2.05, 4.69) is 27.1 Å². The Labute approximate surface area is 113 Å². The lowest BCUT2D eigenvalue weighted by Gasteiger charge is -2.34. The van der Waals surface area contributed by atoms with Gasteiger partial charge in [0.1, 0.15) is 0 Å². The number of rotatable bonds is 5. The summed E-state index contributed by atoms with van der Waals surface area (Å²) < 4.78 is 5.13. The average molecular weight is 266 g/mol. The van der Waals surface area contributed by atoms with Crippen LogP contribution in [0.2, 0.25) is 0 Å². The van der Waals surface area contributed by atoms with Crippen molar-refractivity contribution in [3.05, 3.63) is 22.7 Å². The first kappa shape index (κ1) is 14.0. The molecule has 6 nitrogen and oxygen atoms in total. The van der Waals surface area contributed by atoms with Gasteiger partial charge in [-0.05, 0) is 19.8 Å². The molecule has 2 N–H and O–H groups in total. The van der Waals surface area contributed by atoms with Crippen molar-refractivity contribution in [3.63, 3.8) is 0 Å². The Balaban J connectivity index is 1.97. The van der Waals surface area contributed by atoms with Crippen molar-refractivity contribution in [2.45, 2.75) is 31.8 Å². The minimum Gasteiger partial charge on any atom is -0.383 e. The third kappa shape index (κ3) is 3.78. The first-order chi connectivity index (χ1) is 9.20. The van der Waals surface area contributed by atoms with Gasteiger partial charge in [0, 0.05) is 44.7 Å². The fourth-order valence-corrected chi connectivity index (χ4v) is 2.58. The molecule has 0 radical (unpaired) electrons. The molecular formula is C13H22N4O2. The number of hydrogen-bond acceptors (Lipinski definition) is 5. The fourth-order valence-electron chi connectivity index (χ4n) is 2.58. The van der Waals surface area contributed by atoms with Crippen LogP contribution in [0.3, 0.4) is 0 Å². The number of piperidine rings is 1. The summed E-state index contributed by atoms with van der Waals surface area (Å²) in [4.78, 5) is 20.7. The molecule has 0 aromatic carbocycles. The van der Waals surface area contributed by atoms with Gasteiger partial charge in [-0.1, -0.05) is 0 Å². The Morgan fingerprint density at radius 2 is 2.53 bits per heavy atom. The highest BCUT2D eigenvalue weighted by molar-refractivity contribution is 5.36. The number of anilines is 1. The topological polar surface area (TPSA) is 70.2 Å². The van der Waals surface area contributed by atoms with Crippen LogP contribution in [0.4, 0.5) is 5.82 Å². The second-order valence-electron chi connectivity index (χ2n) is 5.05. The molecule has 0 bridgehead atoms. The largest absolute Gasteiger partial charge is 0.383 e. The zero-order valence-electron chi connectivity index (χ0n) is 11.6. The molecule has 2 heterocycles. The summed E-state index contributed by atoms with van der Waals surface area (Å²) >= 11 is 0. The third-order valence-corrected chi connectivity index (χ3v) is 3.35. The summed E-state index contributed by atoms with van der Waals surface area (Å²) in [6, 6.07) is 0.692. The van der Waals surface area contributed by atoms with Crippen LogP contribution in [0.1, 0.15) is 19.8 Å². The van der Waals surface area contributed by atoms with Gasteiger partial charge in [-0.15, -0.1) is 0 Å². The van der Waals surface area contributed by atoms with Gasteiger partial charge >= 0.3 is 0 Å². The van der Waals surface area contributed by atoms with E-state index >= 15 is 0 Å². The Morgan fingerprint density at radius 1 is 1.68 bits per heavy atom. The molecule has 1 aromatic heterocycles. The third-order valence-electron chi connectivity index (χ3n) is 3.35. The lowest BCUT2D eigenvalue weighted by molar-refractivity contribution is 0.164. The van der Waals surface area contributed by atoms with Gasteiger partial charge in [0.2, 0.25) is 0 Å². The minimum absolute atomic E-state index is 0.118. The van der Waals surface area contributed by atoms with E-state index in [1.807, 2.05) is 0 Å². The number of H-pyrrole nitrogens is 1. The minimum atomic E-state index is -0.118. The molecule has 1 aliphatic rings. The SMILES string of the molecule is COC[C@H](C)N[C@@H]1CCCN(c2ncc[nH]c2=O)C1. The van der Waals surface area contributed by atoms with E-state index in [1.54, 1.807) is 19.5 Å². The van der Waals surface area contributed by atoms with Gasteiger partial charge in [-0.3, -0.25) is 4.79 Å². The van der Waals surface area contributed by atoms with E-state index in [-0.39, 0.29) is 5.56 Å². The lowest BCUT2D eigenvalue weighted by Crippen LogP contribution is -2.50. The summed E-state index contributed by atoms with van der Waals surface area (Å²) in [6.45, 7) is 4.50. The fraction of sp³-hybridized carbons (Fsp3) is 0.692. The van der Waals surface area contributed by atoms with E-state index in [4.69, 9.17) is 4.74 Å². The molecule has 1 saturated heterocycles. The summed E-state index contributed by atoms with van der Waals surface area (Å²) in [7, 11) is 1.71. The van der Waals surface area contributed by atoms with Gasteiger partial charge in [0.15, 0.2) is 5.82 Å². The summed E-state index contributed by atoms with van der Waals surface area (Å²) in [5.74, 6) is 0.522. The predicted octanol–water partition coefficient (Wildman–Crippen LogP) is 0.363. The van der Waals surface area contributed by atoms with Crippen LogP contribution >= 0.6 is 0 Å². The quantitative estimate of drug-likeness (QED) is 0.805. The van der Waals surface area contributed by atoms with E-state index < -0.39 is 0 Å². The van der Waals surface area contributed by atoms with Crippen LogP contribution in [-0.2, 0) is 4.74 Å². The van der Waals surface area contributed by atoms with Crippen LogP contribution in [0, 0.1) is 0 Å². The van der Waals surface area contributed by atoms with E-state index in [9.17, 15) is 4.79 Å². The van der Waals surface area contributed by atoms with Crippen LogP contribution in [0.5, 0.6) is 0 Å². The van der Waals surface area contributed by atoms with Gasteiger partial charge < -0.3 is 19.9 Å². The molecule has 0 spiro atoms. The molecule has 0 saturated carbocycles. The van der Waals surface area contributed by atoms with Crippen LogP contribution in [-0.4, -0.2) is 48.9 Å². The van der Waals surface area contributed by atoms with Crippen molar-refractivity contribution in [2.24, 2.45) is 0 Å². The number of ether oxygens (including phenoxy) is 1. The van der Waals surface area contributed by atoms with Crippen molar-refractivity contribution in [1.82, 2.24) is 15.3 Å². The Bertz CT molecular complexity index is 448. The van der Waals surface area contributed by atoms with Crippen molar-refractivity contribution in [2.75, 3.05) is 31.7 Å². The van der Waals surface area contributed by atoms with E-state index in [0.717, 1.165) is 25.9 Å². The van der Waals surface area contributed by atoms with Gasteiger partial charge in [-0.2, -0.15) is 0 Å². The maximum Gasteiger partial charge on any atom is 0.290 e. The number of nitrogens with one attached hydrogen (secondary N) is 2. The number of nitrogens with zero attached hydrogens (tertiary/aromatic N) is 2. The standard InChI is InChI=1S/C13H22N4O2/c1-10(9-19-2)16-11-4-3-7-17(8-11)12-13(18)15-6-5-14-12/h5-6,10-11,16H,3-4,7-9H2,1-2H3,(H,15,18)/t10-,11+/m0/s1. The predicted molar refractivity (Wildman–Crippen MR) is 74.6 cm³/mol. The molecular weight excluding hydrogens is 244 g/mol. The first-order valence-corrected chi connectivity index (χ1v) is 6.74. The Morgan fingerprint density at radius 3 is 3.26 bits per heavy atom. The number of aromatic nitrogens is 2. The van der Waals surface area contributed by atoms with E-state index in [0.29, 0.717) is 24.5 Å². The monoisotopic (exact) mass is 266 g/mol. The normalized spacial score (nSPS) is 21.4. The zero-order valence-corrected chi connectivity index (χ0v) is 11.6. The zero-order chi connectivity index (χ0) is 13.7. The molecule has 0 aliphatic carbocycles. The molecule has 19 heavy (non-hydrogen) atoms. The number of hydrogen-bond donors (Lipinski definition) is 2. The van der Waals surface area contributed by atoms with Crippen LogP contribution in [0.15, 0.2) is 17.2 Å².